The van der Waals surface area contributed by atoms with Crippen molar-refractivity contribution < 1.29 is 0 Å². The zero-order valence-corrected chi connectivity index (χ0v) is 11.2. The van der Waals surface area contributed by atoms with Crippen LogP contribution in [0, 0.1) is 0 Å². The molecule has 3 rings (SSSR count). The second-order valence-corrected chi connectivity index (χ2v) is 6.56. The molecule has 0 saturated carbocycles. The summed E-state index contributed by atoms with van der Waals surface area (Å²) in [6.45, 7) is 0. The summed E-state index contributed by atoms with van der Waals surface area (Å²) in [4.78, 5) is 8.79. The molecule has 3 nitrogen and oxygen atoms in total. The molecule has 0 aliphatic rings. The predicted octanol–water partition coefficient (Wildman–Crippen LogP) is 3.63. The highest BCUT2D eigenvalue weighted by Gasteiger charge is 2.05. The molecule has 0 radical (unpaired) electrons. The topological polar surface area (TPSA) is 51.8 Å². The maximum Gasteiger partial charge on any atom is 0.180 e. The van der Waals surface area contributed by atoms with Gasteiger partial charge in [-0.25, -0.2) is 9.97 Å². The van der Waals surface area contributed by atoms with Crippen LogP contribution in [0.4, 0.5) is 5.13 Å². The molecule has 0 atom stereocenters. The molecule has 86 valence electrons. The lowest BCUT2D eigenvalue weighted by atomic mass is 10.3. The molecule has 0 amide bonds. The molecule has 2 heterocycles. The number of benzene rings is 1. The smallest absolute Gasteiger partial charge is 0.180 e. The Morgan fingerprint density at radius 1 is 1.24 bits per heavy atom. The maximum atomic E-state index is 5.59. The van der Waals surface area contributed by atoms with Crippen LogP contribution in [-0.4, -0.2) is 9.97 Å². The quantitative estimate of drug-likeness (QED) is 0.744. The van der Waals surface area contributed by atoms with E-state index in [2.05, 4.69) is 16.0 Å². The van der Waals surface area contributed by atoms with Crippen LogP contribution in [0.3, 0.4) is 0 Å². The van der Waals surface area contributed by atoms with Gasteiger partial charge in [0.25, 0.3) is 0 Å². The second kappa shape index (κ2) is 4.64. The number of nitrogens with zero attached hydrogens (tertiary/aromatic N) is 2. The molecule has 1 aromatic carbocycles. The maximum absolute atomic E-state index is 5.59. The van der Waals surface area contributed by atoms with Gasteiger partial charge in [0, 0.05) is 11.1 Å². The monoisotopic (exact) mass is 279 g/mol. The number of nitrogens with two attached hydrogens (primary N) is 1. The van der Waals surface area contributed by atoms with Crippen LogP contribution in [0.15, 0.2) is 34.0 Å². The summed E-state index contributed by atoms with van der Waals surface area (Å²) < 4.78 is 2.31. The molecule has 17 heavy (non-hydrogen) atoms. The Morgan fingerprint density at radius 3 is 2.88 bits per heavy atom. The minimum Gasteiger partial charge on any atom is -0.375 e. The lowest BCUT2D eigenvalue weighted by molar-refractivity contribution is 1.22. The summed E-state index contributed by atoms with van der Waals surface area (Å²) in [7, 11) is 0. The van der Waals surface area contributed by atoms with Crippen molar-refractivity contribution >= 4 is 49.8 Å². The van der Waals surface area contributed by atoms with Crippen LogP contribution < -0.4 is 5.73 Å². The van der Waals surface area contributed by atoms with E-state index in [0.29, 0.717) is 5.13 Å². The van der Waals surface area contributed by atoms with E-state index in [9.17, 15) is 0 Å². The first-order chi connectivity index (χ1) is 8.31. The van der Waals surface area contributed by atoms with Crippen molar-refractivity contribution in [1.29, 1.82) is 0 Å². The first-order valence-corrected chi connectivity index (χ1v) is 7.68. The number of fused-ring (bicyclic) bond motifs is 1. The van der Waals surface area contributed by atoms with Gasteiger partial charge in [0.15, 0.2) is 9.47 Å². The van der Waals surface area contributed by atoms with Crippen LogP contribution in [0.1, 0.15) is 5.69 Å². The summed E-state index contributed by atoms with van der Waals surface area (Å²) in [6.07, 6.45) is 0. The Bertz CT molecular complexity index is 611. The summed E-state index contributed by atoms with van der Waals surface area (Å²) >= 11 is 4.91. The van der Waals surface area contributed by atoms with Gasteiger partial charge in [0.1, 0.15) is 0 Å². The van der Waals surface area contributed by atoms with Crippen molar-refractivity contribution in [3.63, 3.8) is 0 Å². The standard InChI is InChI=1S/C11H9N3S3/c12-10-13-7(5-15-10)6-16-11-14-8-3-1-2-4-9(8)17-11/h1-5H,6H2,(H2,12,13). The molecule has 0 aliphatic heterocycles. The van der Waals surface area contributed by atoms with E-state index in [1.807, 2.05) is 23.6 Å². The van der Waals surface area contributed by atoms with E-state index in [1.54, 1.807) is 23.1 Å². The van der Waals surface area contributed by atoms with E-state index in [0.717, 1.165) is 21.3 Å². The number of hydrogen-bond acceptors (Lipinski definition) is 6. The Kier molecular flexibility index (Phi) is 3.00. The molecule has 2 aromatic heterocycles. The van der Waals surface area contributed by atoms with Gasteiger partial charge in [-0.1, -0.05) is 23.9 Å². The van der Waals surface area contributed by atoms with Gasteiger partial charge in [-0.15, -0.1) is 22.7 Å². The summed E-state index contributed by atoms with van der Waals surface area (Å²) in [6, 6.07) is 8.18. The van der Waals surface area contributed by atoms with Gasteiger partial charge in [-0.2, -0.15) is 0 Å². The predicted molar refractivity (Wildman–Crippen MR) is 75.7 cm³/mol. The van der Waals surface area contributed by atoms with Crippen molar-refractivity contribution in [2.75, 3.05) is 5.73 Å². The Morgan fingerprint density at radius 2 is 2.12 bits per heavy atom. The van der Waals surface area contributed by atoms with Gasteiger partial charge in [0.2, 0.25) is 0 Å². The number of rotatable bonds is 3. The largest absolute Gasteiger partial charge is 0.375 e. The third-order valence-electron chi connectivity index (χ3n) is 2.19. The molecular weight excluding hydrogens is 270 g/mol. The average Bonchev–Trinajstić information content (AvgIpc) is 2.91. The normalized spacial score (nSPS) is 11.1. The van der Waals surface area contributed by atoms with Crippen molar-refractivity contribution in [3.05, 3.63) is 35.3 Å². The molecule has 2 N–H and O–H groups in total. The number of hydrogen-bond donors (Lipinski definition) is 1. The van der Waals surface area contributed by atoms with Crippen molar-refractivity contribution in [2.45, 2.75) is 10.1 Å². The molecular formula is C11H9N3S3. The molecule has 0 saturated heterocycles. The zero-order chi connectivity index (χ0) is 11.7. The number of thioether (sulfide) groups is 1. The van der Waals surface area contributed by atoms with Crippen molar-refractivity contribution in [1.82, 2.24) is 9.97 Å². The number of para-hydroxylation sites is 1. The molecule has 0 spiro atoms. The van der Waals surface area contributed by atoms with Crippen LogP contribution in [0.2, 0.25) is 0 Å². The van der Waals surface area contributed by atoms with Gasteiger partial charge < -0.3 is 5.73 Å². The zero-order valence-electron chi connectivity index (χ0n) is 8.79. The minimum atomic E-state index is 0.630. The van der Waals surface area contributed by atoms with Crippen LogP contribution in [0.5, 0.6) is 0 Å². The van der Waals surface area contributed by atoms with Crippen LogP contribution in [0.25, 0.3) is 10.2 Å². The summed E-state index contributed by atoms with van der Waals surface area (Å²) in [5, 5.41) is 2.63. The molecule has 0 fully saturated rings. The van der Waals surface area contributed by atoms with Gasteiger partial charge >= 0.3 is 0 Å². The van der Waals surface area contributed by atoms with Crippen molar-refractivity contribution in [2.24, 2.45) is 0 Å². The molecule has 0 unspecified atom stereocenters. The van der Waals surface area contributed by atoms with Crippen LogP contribution >= 0.6 is 34.4 Å². The molecule has 0 aliphatic carbocycles. The Balaban J connectivity index is 1.76. The number of aromatic nitrogens is 2. The Hall–Kier alpha value is -1.11. The second-order valence-electron chi connectivity index (χ2n) is 3.41. The van der Waals surface area contributed by atoms with Gasteiger partial charge in [-0.05, 0) is 12.1 Å². The van der Waals surface area contributed by atoms with E-state index in [4.69, 9.17) is 5.73 Å². The Labute approximate surface area is 111 Å². The number of nitrogen functional groups attached to an aromatic ring is 1. The highest BCUT2D eigenvalue weighted by atomic mass is 32.2. The fraction of sp³-hybridized carbons (Fsp3) is 0.0909. The van der Waals surface area contributed by atoms with E-state index >= 15 is 0 Å². The van der Waals surface area contributed by atoms with E-state index in [1.165, 1.54) is 16.0 Å². The third-order valence-corrected chi connectivity index (χ3v) is 5.12. The van der Waals surface area contributed by atoms with E-state index in [-0.39, 0.29) is 0 Å². The number of thiazole rings is 2. The third kappa shape index (κ3) is 2.43. The SMILES string of the molecule is Nc1nc(CSc2nc3ccccc3s2)cs1. The molecule has 3 aromatic rings. The molecule has 0 bridgehead atoms. The highest BCUT2D eigenvalue weighted by molar-refractivity contribution is 8.00. The number of anilines is 1. The average molecular weight is 279 g/mol. The van der Waals surface area contributed by atoms with Gasteiger partial charge in [0.05, 0.1) is 15.9 Å². The van der Waals surface area contributed by atoms with Gasteiger partial charge in [-0.3, -0.25) is 0 Å². The highest BCUT2D eigenvalue weighted by Crippen LogP contribution is 2.31. The fourth-order valence-corrected chi connectivity index (χ4v) is 4.07. The van der Waals surface area contributed by atoms with Crippen molar-refractivity contribution in [3.8, 4) is 0 Å². The lowest BCUT2D eigenvalue weighted by Gasteiger charge is -1.91. The first kappa shape index (κ1) is 11.0. The fourth-order valence-electron chi connectivity index (χ4n) is 1.44. The molecule has 6 heteroatoms. The summed E-state index contributed by atoms with van der Waals surface area (Å²) in [5.41, 5.74) is 7.69. The lowest BCUT2D eigenvalue weighted by Crippen LogP contribution is -1.84. The van der Waals surface area contributed by atoms with Crippen LogP contribution in [-0.2, 0) is 5.75 Å². The minimum absolute atomic E-state index is 0.630. The first-order valence-electron chi connectivity index (χ1n) is 4.99. The summed E-state index contributed by atoms with van der Waals surface area (Å²) in [5.74, 6) is 0.827. The van der Waals surface area contributed by atoms with E-state index < -0.39 is 0 Å².